The molecule has 0 aromatic carbocycles. The van der Waals surface area contributed by atoms with Crippen LogP contribution >= 0.6 is 0 Å². The third-order valence-electron chi connectivity index (χ3n) is 5.28. The zero-order valence-electron chi connectivity index (χ0n) is 13.5. The van der Waals surface area contributed by atoms with Crippen LogP contribution in [0.4, 0.5) is 0 Å². The minimum Gasteiger partial charge on any atom is -0.303 e. The fourth-order valence-corrected chi connectivity index (χ4v) is 4.33. The zero-order valence-corrected chi connectivity index (χ0v) is 13.5. The highest BCUT2D eigenvalue weighted by molar-refractivity contribution is 6.18. The van der Waals surface area contributed by atoms with E-state index >= 15 is 0 Å². The van der Waals surface area contributed by atoms with E-state index in [0.29, 0.717) is 0 Å². The Balaban J connectivity index is 2.02. The van der Waals surface area contributed by atoms with Crippen LogP contribution in [0, 0.1) is 0 Å². The molecular weight excluding hydrogens is 324 g/mol. The summed E-state index contributed by atoms with van der Waals surface area (Å²) < 4.78 is 4.54. The molecular formula is C20H10N6. The highest BCUT2D eigenvalue weighted by Crippen LogP contribution is 2.37. The van der Waals surface area contributed by atoms with Crippen molar-refractivity contribution in [3.05, 3.63) is 61.3 Å². The van der Waals surface area contributed by atoms with Gasteiger partial charge in [-0.1, -0.05) is 0 Å². The van der Waals surface area contributed by atoms with Crippen LogP contribution in [-0.4, -0.2) is 28.7 Å². The second-order valence-electron chi connectivity index (χ2n) is 6.49. The van der Waals surface area contributed by atoms with E-state index in [0.717, 1.165) is 55.0 Å². The maximum absolute atomic E-state index is 4.67. The lowest BCUT2D eigenvalue weighted by Gasteiger charge is -2.10. The molecule has 0 N–H and O–H groups in total. The van der Waals surface area contributed by atoms with E-state index in [-0.39, 0.29) is 0 Å². The van der Waals surface area contributed by atoms with Gasteiger partial charge < -0.3 is 8.80 Å². The first-order valence-corrected chi connectivity index (χ1v) is 8.41. The Labute approximate surface area is 145 Å². The van der Waals surface area contributed by atoms with Gasteiger partial charge in [0, 0.05) is 36.4 Å². The molecule has 26 heavy (non-hydrogen) atoms. The van der Waals surface area contributed by atoms with Crippen molar-refractivity contribution in [2.24, 2.45) is 0 Å². The fraction of sp³-hybridized carbons (Fsp3) is 0. The van der Waals surface area contributed by atoms with Crippen molar-refractivity contribution in [3.63, 3.8) is 0 Å². The van der Waals surface area contributed by atoms with Gasteiger partial charge in [0.2, 0.25) is 0 Å². The number of pyridine rings is 4. The third-order valence-corrected chi connectivity index (χ3v) is 5.28. The van der Waals surface area contributed by atoms with Crippen LogP contribution in [0.5, 0.6) is 0 Å². The molecule has 0 atom stereocenters. The van der Waals surface area contributed by atoms with Gasteiger partial charge in [-0.15, -0.1) is 0 Å². The Morgan fingerprint density at radius 1 is 0.577 bits per heavy atom. The largest absolute Gasteiger partial charge is 0.303 e. The van der Waals surface area contributed by atoms with Crippen molar-refractivity contribution in [2.45, 2.75) is 0 Å². The second-order valence-corrected chi connectivity index (χ2v) is 6.49. The highest BCUT2D eigenvalue weighted by atomic mass is 15.0. The molecule has 0 aliphatic heterocycles. The van der Waals surface area contributed by atoms with Crippen molar-refractivity contribution in [2.75, 3.05) is 0 Å². The van der Waals surface area contributed by atoms with Gasteiger partial charge in [-0.25, -0.2) is 0 Å². The maximum Gasteiger partial charge on any atom is 0.117 e. The van der Waals surface area contributed by atoms with E-state index in [1.54, 1.807) is 0 Å². The quantitative estimate of drug-likeness (QED) is 0.396. The lowest BCUT2D eigenvalue weighted by atomic mass is 10.2. The van der Waals surface area contributed by atoms with Crippen molar-refractivity contribution < 1.29 is 0 Å². The summed E-state index contributed by atoms with van der Waals surface area (Å²) in [4.78, 5) is 18.2. The van der Waals surface area contributed by atoms with Gasteiger partial charge in [0.25, 0.3) is 0 Å². The van der Waals surface area contributed by atoms with Crippen molar-refractivity contribution in [1.82, 2.24) is 28.7 Å². The number of aromatic nitrogens is 6. The summed E-state index contributed by atoms with van der Waals surface area (Å²) in [6.45, 7) is 0. The van der Waals surface area contributed by atoms with Crippen LogP contribution < -0.4 is 0 Å². The van der Waals surface area contributed by atoms with Crippen LogP contribution in [0.1, 0.15) is 0 Å². The Morgan fingerprint density at radius 2 is 1.27 bits per heavy atom. The molecule has 7 aromatic rings. The maximum atomic E-state index is 4.67. The van der Waals surface area contributed by atoms with E-state index in [9.17, 15) is 0 Å². The summed E-state index contributed by atoms with van der Waals surface area (Å²) in [7, 11) is 0. The topological polar surface area (TPSA) is 60.4 Å². The van der Waals surface area contributed by atoms with Crippen molar-refractivity contribution in [3.8, 4) is 0 Å². The summed E-state index contributed by atoms with van der Waals surface area (Å²) in [5, 5.41) is 1.06. The lowest BCUT2D eigenvalue weighted by Crippen LogP contribution is -1.97. The minimum atomic E-state index is 0.921. The monoisotopic (exact) mass is 334 g/mol. The smallest absolute Gasteiger partial charge is 0.117 e. The molecule has 0 amide bonds. The standard InChI is InChI=1S/C20H10N6/c1-2-13-17(22-6-1)18-20-15(5-9-24-18)25-12-3-7-21-10-11(12)16-19(25)14(26(13)20)4-8-23-16/h1-10H. The molecule has 0 spiro atoms. The minimum absolute atomic E-state index is 0.921. The molecule has 6 nitrogen and oxygen atoms in total. The third kappa shape index (κ3) is 1.22. The average molecular weight is 334 g/mol. The summed E-state index contributed by atoms with van der Waals surface area (Å²) in [5.74, 6) is 0. The van der Waals surface area contributed by atoms with Crippen LogP contribution in [0.25, 0.3) is 55.0 Å². The van der Waals surface area contributed by atoms with Gasteiger partial charge >= 0.3 is 0 Å². The van der Waals surface area contributed by atoms with Gasteiger partial charge in [-0.3, -0.25) is 19.9 Å². The van der Waals surface area contributed by atoms with Gasteiger partial charge in [-0.2, -0.15) is 0 Å². The molecule has 0 fully saturated rings. The molecule has 0 unspecified atom stereocenters. The van der Waals surface area contributed by atoms with E-state index in [1.165, 1.54) is 0 Å². The van der Waals surface area contributed by atoms with Crippen LogP contribution in [0.15, 0.2) is 61.3 Å². The number of hydrogen-bond donors (Lipinski definition) is 0. The molecule has 7 heterocycles. The summed E-state index contributed by atoms with van der Waals surface area (Å²) in [5.41, 5.74) is 9.34. The number of hydrogen-bond acceptors (Lipinski definition) is 4. The molecule has 7 rings (SSSR count). The summed E-state index contributed by atoms with van der Waals surface area (Å²) in [6.07, 6.45) is 9.26. The Kier molecular flexibility index (Phi) is 1.96. The van der Waals surface area contributed by atoms with Gasteiger partial charge in [0.15, 0.2) is 0 Å². The molecule has 0 saturated carbocycles. The molecule has 6 heteroatoms. The fourth-order valence-electron chi connectivity index (χ4n) is 4.33. The van der Waals surface area contributed by atoms with Crippen LogP contribution in [-0.2, 0) is 0 Å². The van der Waals surface area contributed by atoms with E-state index in [1.807, 2.05) is 43.1 Å². The molecule has 120 valence electrons. The number of fused-ring (bicyclic) bond motifs is 8. The van der Waals surface area contributed by atoms with E-state index in [2.05, 4.69) is 46.9 Å². The Hall–Kier alpha value is -3.80. The lowest BCUT2D eigenvalue weighted by molar-refractivity contribution is 1.23. The van der Waals surface area contributed by atoms with Gasteiger partial charge in [0.05, 0.1) is 33.1 Å². The van der Waals surface area contributed by atoms with Crippen LogP contribution in [0.2, 0.25) is 0 Å². The molecule has 0 radical (unpaired) electrons. The summed E-state index contributed by atoms with van der Waals surface area (Å²) in [6, 6.07) is 10.2. The van der Waals surface area contributed by atoms with Gasteiger partial charge in [-0.05, 0) is 30.3 Å². The molecule has 0 aliphatic carbocycles. The summed E-state index contributed by atoms with van der Waals surface area (Å²) >= 11 is 0. The van der Waals surface area contributed by atoms with Gasteiger partial charge in [0.1, 0.15) is 16.6 Å². The van der Waals surface area contributed by atoms with Crippen molar-refractivity contribution >= 4 is 55.0 Å². The number of nitrogens with zero attached hydrogens (tertiary/aromatic N) is 6. The van der Waals surface area contributed by atoms with Crippen LogP contribution in [0.3, 0.4) is 0 Å². The SMILES string of the molecule is c1cnc2c3nccc4c3n(c2c1)c1ccnc2c3cnccc3n4c21. The van der Waals surface area contributed by atoms with E-state index in [4.69, 9.17) is 0 Å². The Bertz CT molecular complexity index is 1510. The predicted octanol–water partition coefficient (Wildman–Crippen LogP) is 3.82. The molecule has 7 aromatic heterocycles. The highest BCUT2D eigenvalue weighted by Gasteiger charge is 2.21. The molecule has 0 bridgehead atoms. The Morgan fingerprint density at radius 3 is 2.15 bits per heavy atom. The molecule has 0 aliphatic rings. The average Bonchev–Trinajstić information content (AvgIpc) is 3.22. The predicted molar refractivity (Wildman–Crippen MR) is 101 cm³/mol. The number of rotatable bonds is 0. The first kappa shape index (κ1) is 12.5. The first-order valence-electron chi connectivity index (χ1n) is 8.41. The molecule has 0 saturated heterocycles. The first-order chi connectivity index (χ1) is 12.9. The van der Waals surface area contributed by atoms with Crippen molar-refractivity contribution in [1.29, 1.82) is 0 Å². The second kappa shape index (κ2) is 4.05. The van der Waals surface area contributed by atoms with E-state index < -0.39 is 0 Å². The zero-order chi connectivity index (χ0) is 16.8. The normalized spacial score (nSPS) is 12.6.